The second kappa shape index (κ2) is 6.80. The lowest BCUT2D eigenvalue weighted by Crippen LogP contribution is -2.06. The third-order valence-electron chi connectivity index (χ3n) is 3.35. The molecule has 0 atom stereocenters. The Hall–Kier alpha value is -2.75. The van der Waals surface area contributed by atoms with E-state index in [1.807, 2.05) is 42.5 Å². The first kappa shape index (κ1) is 14.2. The standard InChI is InChI=1S/C18H16FN3/c19-16-8-4-5-14(11-16)9-10-20-18-12-17(21-13-22-18)15-6-2-1-3-7-15/h1-8,11-13H,9-10H2,(H,20,21,22). The van der Waals surface area contributed by atoms with Gasteiger partial charge in [0.15, 0.2) is 0 Å². The van der Waals surface area contributed by atoms with Gasteiger partial charge in [-0.05, 0) is 24.1 Å². The molecule has 1 aromatic heterocycles. The highest BCUT2D eigenvalue weighted by Crippen LogP contribution is 2.18. The van der Waals surface area contributed by atoms with Crippen LogP contribution in [0.1, 0.15) is 5.56 Å². The van der Waals surface area contributed by atoms with Gasteiger partial charge in [0.2, 0.25) is 0 Å². The van der Waals surface area contributed by atoms with Crippen molar-refractivity contribution < 1.29 is 4.39 Å². The fourth-order valence-corrected chi connectivity index (χ4v) is 2.25. The normalized spacial score (nSPS) is 10.4. The van der Waals surface area contributed by atoms with Gasteiger partial charge in [-0.25, -0.2) is 14.4 Å². The molecule has 0 bridgehead atoms. The van der Waals surface area contributed by atoms with Crippen LogP contribution in [0, 0.1) is 5.82 Å². The van der Waals surface area contributed by atoms with Crippen molar-refractivity contribution in [2.45, 2.75) is 6.42 Å². The average Bonchev–Trinajstić information content (AvgIpc) is 2.56. The van der Waals surface area contributed by atoms with E-state index in [-0.39, 0.29) is 5.82 Å². The Morgan fingerprint density at radius 2 is 1.77 bits per heavy atom. The minimum atomic E-state index is -0.203. The molecule has 0 aliphatic rings. The lowest BCUT2D eigenvalue weighted by molar-refractivity contribution is 0.625. The Bertz CT molecular complexity index is 744. The fourth-order valence-electron chi connectivity index (χ4n) is 2.25. The topological polar surface area (TPSA) is 37.8 Å². The zero-order chi connectivity index (χ0) is 15.2. The maximum absolute atomic E-state index is 13.1. The van der Waals surface area contributed by atoms with Crippen LogP contribution in [0.5, 0.6) is 0 Å². The van der Waals surface area contributed by atoms with Gasteiger partial charge in [0.1, 0.15) is 18.0 Å². The molecule has 1 N–H and O–H groups in total. The SMILES string of the molecule is Fc1cccc(CCNc2cc(-c3ccccc3)ncn2)c1. The van der Waals surface area contributed by atoms with Gasteiger partial charge in [0, 0.05) is 18.2 Å². The van der Waals surface area contributed by atoms with Gasteiger partial charge in [-0.15, -0.1) is 0 Å². The quantitative estimate of drug-likeness (QED) is 0.774. The van der Waals surface area contributed by atoms with E-state index < -0.39 is 0 Å². The maximum Gasteiger partial charge on any atom is 0.129 e. The van der Waals surface area contributed by atoms with Crippen molar-refractivity contribution in [1.82, 2.24) is 9.97 Å². The number of hydrogen-bond donors (Lipinski definition) is 1. The van der Waals surface area contributed by atoms with Crippen molar-refractivity contribution >= 4 is 5.82 Å². The summed E-state index contributed by atoms with van der Waals surface area (Å²) in [6.45, 7) is 0.689. The Morgan fingerprint density at radius 1 is 0.909 bits per heavy atom. The second-order valence-electron chi connectivity index (χ2n) is 4.96. The number of aromatic nitrogens is 2. The van der Waals surface area contributed by atoms with Crippen molar-refractivity contribution in [2.75, 3.05) is 11.9 Å². The summed E-state index contributed by atoms with van der Waals surface area (Å²) in [6.07, 6.45) is 2.29. The molecule has 0 saturated carbocycles. The number of rotatable bonds is 5. The minimum absolute atomic E-state index is 0.203. The van der Waals surface area contributed by atoms with Gasteiger partial charge in [-0.3, -0.25) is 0 Å². The van der Waals surface area contributed by atoms with Crippen LogP contribution in [-0.4, -0.2) is 16.5 Å². The first-order valence-corrected chi connectivity index (χ1v) is 7.17. The summed E-state index contributed by atoms with van der Waals surface area (Å²) in [5.41, 5.74) is 2.90. The summed E-state index contributed by atoms with van der Waals surface area (Å²) >= 11 is 0. The van der Waals surface area contributed by atoms with Crippen LogP contribution < -0.4 is 5.32 Å². The lowest BCUT2D eigenvalue weighted by Gasteiger charge is -2.07. The number of hydrogen-bond acceptors (Lipinski definition) is 3. The first-order valence-electron chi connectivity index (χ1n) is 7.17. The summed E-state index contributed by atoms with van der Waals surface area (Å²) in [7, 11) is 0. The molecule has 1 heterocycles. The first-order chi connectivity index (χ1) is 10.8. The second-order valence-corrected chi connectivity index (χ2v) is 4.96. The van der Waals surface area contributed by atoms with Gasteiger partial charge >= 0.3 is 0 Å². The highest BCUT2D eigenvalue weighted by Gasteiger charge is 2.01. The van der Waals surface area contributed by atoms with Gasteiger partial charge in [-0.1, -0.05) is 42.5 Å². The Labute approximate surface area is 128 Å². The molecular weight excluding hydrogens is 277 g/mol. The molecule has 2 aromatic carbocycles. The van der Waals surface area contributed by atoms with Gasteiger partial charge in [0.05, 0.1) is 5.69 Å². The molecule has 110 valence electrons. The van der Waals surface area contributed by atoms with Gasteiger partial charge in [0.25, 0.3) is 0 Å². The zero-order valence-electron chi connectivity index (χ0n) is 12.0. The molecule has 0 aliphatic heterocycles. The van der Waals surface area contributed by atoms with E-state index in [0.29, 0.717) is 6.54 Å². The maximum atomic E-state index is 13.1. The fraction of sp³-hybridized carbons (Fsp3) is 0.111. The molecule has 3 nitrogen and oxygen atoms in total. The van der Waals surface area contributed by atoms with Crippen LogP contribution in [-0.2, 0) is 6.42 Å². The Morgan fingerprint density at radius 3 is 2.59 bits per heavy atom. The van der Waals surface area contributed by atoms with Crippen LogP contribution in [0.4, 0.5) is 10.2 Å². The van der Waals surface area contributed by atoms with E-state index in [0.717, 1.165) is 29.1 Å². The summed E-state index contributed by atoms with van der Waals surface area (Å²) < 4.78 is 13.1. The van der Waals surface area contributed by atoms with Crippen LogP contribution in [0.3, 0.4) is 0 Å². The third-order valence-corrected chi connectivity index (χ3v) is 3.35. The monoisotopic (exact) mass is 293 g/mol. The van der Waals surface area contributed by atoms with Crippen molar-refractivity contribution in [1.29, 1.82) is 0 Å². The van der Waals surface area contributed by atoms with Crippen LogP contribution in [0.2, 0.25) is 0 Å². The Balaban J connectivity index is 1.64. The summed E-state index contributed by atoms with van der Waals surface area (Å²) in [6, 6.07) is 18.5. The average molecular weight is 293 g/mol. The molecular formula is C18H16FN3. The minimum Gasteiger partial charge on any atom is -0.370 e. The van der Waals surface area contributed by atoms with Crippen LogP contribution >= 0.6 is 0 Å². The molecule has 0 radical (unpaired) electrons. The molecule has 0 spiro atoms. The highest BCUT2D eigenvalue weighted by molar-refractivity contribution is 5.61. The number of halogens is 1. The van der Waals surface area contributed by atoms with Crippen molar-refractivity contribution in [3.63, 3.8) is 0 Å². The van der Waals surface area contributed by atoms with E-state index in [9.17, 15) is 4.39 Å². The van der Waals surface area contributed by atoms with Crippen molar-refractivity contribution in [3.05, 3.63) is 78.4 Å². The van der Waals surface area contributed by atoms with E-state index >= 15 is 0 Å². The molecule has 0 amide bonds. The predicted octanol–water partition coefficient (Wildman–Crippen LogP) is 3.94. The summed E-state index contributed by atoms with van der Waals surface area (Å²) in [5.74, 6) is 0.566. The number of nitrogens with one attached hydrogen (secondary N) is 1. The smallest absolute Gasteiger partial charge is 0.129 e. The van der Waals surface area contributed by atoms with Gasteiger partial charge < -0.3 is 5.32 Å². The molecule has 0 saturated heterocycles. The molecule has 22 heavy (non-hydrogen) atoms. The zero-order valence-corrected chi connectivity index (χ0v) is 12.0. The van der Waals surface area contributed by atoms with Crippen molar-refractivity contribution in [2.24, 2.45) is 0 Å². The Kier molecular flexibility index (Phi) is 4.39. The molecule has 0 aliphatic carbocycles. The predicted molar refractivity (Wildman–Crippen MR) is 86.1 cm³/mol. The summed E-state index contributed by atoms with van der Waals surface area (Å²) in [5, 5.41) is 3.25. The van der Waals surface area contributed by atoms with Crippen LogP contribution in [0.15, 0.2) is 67.0 Å². The van der Waals surface area contributed by atoms with Gasteiger partial charge in [-0.2, -0.15) is 0 Å². The third kappa shape index (κ3) is 3.67. The summed E-state index contributed by atoms with van der Waals surface area (Å²) in [4.78, 5) is 8.50. The van der Waals surface area contributed by atoms with Crippen molar-refractivity contribution in [3.8, 4) is 11.3 Å². The van der Waals surface area contributed by atoms with E-state index in [1.165, 1.54) is 6.07 Å². The number of nitrogens with zero attached hydrogens (tertiary/aromatic N) is 2. The van der Waals surface area contributed by atoms with Crippen LogP contribution in [0.25, 0.3) is 11.3 Å². The number of benzene rings is 2. The molecule has 3 aromatic rings. The van der Waals surface area contributed by atoms with E-state index in [1.54, 1.807) is 18.5 Å². The molecule has 4 heteroatoms. The molecule has 3 rings (SSSR count). The highest BCUT2D eigenvalue weighted by atomic mass is 19.1. The van der Waals surface area contributed by atoms with E-state index in [4.69, 9.17) is 0 Å². The largest absolute Gasteiger partial charge is 0.370 e. The number of anilines is 1. The lowest BCUT2D eigenvalue weighted by atomic mass is 10.1. The van der Waals surface area contributed by atoms with E-state index in [2.05, 4.69) is 15.3 Å². The molecule has 0 unspecified atom stereocenters. The molecule has 0 fully saturated rings.